The van der Waals surface area contributed by atoms with Crippen molar-refractivity contribution in [2.24, 2.45) is 11.8 Å². The molecule has 3 aromatic heterocycles. The van der Waals surface area contributed by atoms with Crippen LogP contribution in [0.2, 0.25) is 5.02 Å². The van der Waals surface area contributed by atoms with E-state index in [4.69, 9.17) is 20.8 Å². The number of likely N-dealkylation sites (tertiary alicyclic amines) is 1. The van der Waals surface area contributed by atoms with Gasteiger partial charge in [0.15, 0.2) is 5.58 Å². The van der Waals surface area contributed by atoms with Gasteiger partial charge in [0.2, 0.25) is 17.6 Å². The summed E-state index contributed by atoms with van der Waals surface area (Å²) in [7, 11) is 1.23. The second-order valence-corrected chi connectivity index (χ2v) is 10.2. The predicted octanol–water partition coefficient (Wildman–Crippen LogP) is 4.28. The zero-order valence-corrected chi connectivity index (χ0v) is 22.1. The molecule has 12 heteroatoms. The van der Waals surface area contributed by atoms with Crippen LogP contribution in [0.15, 0.2) is 34.9 Å². The molecular formula is C27H28ClN5O6. The van der Waals surface area contributed by atoms with Crippen molar-refractivity contribution < 1.29 is 28.3 Å². The van der Waals surface area contributed by atoms with Gasteiger partial charge in [0.1, 0.15) is 22.7 Å². The van der Waals surface area contributed by atoms with Crippen molar-refractivity contribution in [2.75, 3.05) is 30.8 Å². The van der Waals surface area contributed by atoms with Crippen LogP contribution >= 0.6 is 11.6 Å². The molecule has 204 valence electrons. The molecule has 0 atom stereocenters. The zero-order valence-electron chi connectivity index (χ0n) is 21.4. The van der Waals surface area contributed by atoms with Gasteiger partial charge in [-0.05, 0) is 62.8 Å². The summed E-state index contributed by atoms with van der Waals surface area (Å²) in [6, 6.07) is 5.98. The summed E-state index contributed by atoms with van der Waals surface area (Å²) < 4.78 is 10.5. The van der Waals surface area contributed by atoms with Crippen LogP contribution in [-0.4, -0.2) is 58.8 Å². The first-order valence-electron chi connectivity index (χ1n) is 12.9. The van der Waals surface area contributed by atoms with Crippen LogP contribution in [0.3, 0.4) is 0 Å². The maximum absolute atomic E-state index is 13.4. The Morgan fingerprint density at radius 1 is 1.00 bits per heavy atom. The van der Waals surface area contributed by atoms with Gasteiger partial charge in [-0.2, -0.15) is 0 Å². The number of amides is 3. The van der Waals surface area contributed by atoms with E-state index in [-0.39, 0.29) is 57.7 Å². The smallest absolute Gasteiger partial charge is 0.356 e. The number of nitrogens with one attached hydrogen (secondary N) is 2. The number of pyridine rings is 2. The molecule has 0 unspecified atom stereocenters. The van der Waals surface area contributed by atoms with Gasteiger partial charge in [0.25, 0.3) is 5.91 Å². The minimum absolute atomic E-state index is 0.00596. The van der Waals surface area contributed by atoms with Gasteiger partial charge in [-0.15, -0.1) is 0 Å². The molecule has 1 aliphatic carbocycles. The van der Waals surface area contributed by atoms with Crippen molar-refractivity contribution in [2.45, 2.75) is 38.5 Å². The van der Waals surface area contributed by atoms with Gasteiger partial charge < -0.3 is 24.7 Å². The second-order valence-electron chi connectivity index (χ2n) is 9.73. The third-order valence-corrected chi connectivity index (χ3v) is 7.44. The maximum atomic E-state index is 13.4. The summed E-state index contributed by atoms with van der Waals surface area (Å²) >= 11 is 5.88. The van der Waals surface area contributed by atoms with Gasteiger partial charge in [-0.3, -0.25) is 14.4 Å². The Hall–Kier alpha value is -3.99. The number of ether oxygens (including phenoxy) is 1. The largest absolute Gasteiger partial charge is 0.464 e. The summed E-state index contributed by atoms with van der Waals surface area (Å²) in [5, 5.41) is 5.84. The molecule has 1 saturated carbocycles. The van der Waals surface area contributed by atoms with Gasteiger partial charge in [-0.1, -0.05) is 11.6 Å². The average Bonchev–Trinajstić information content (AvgIpc) is 3.62. The number of hydrogen-bond donors (Lipinski definition) is 2. The highest BCUT2D eigenvalue weighted by atomic mass is 35.5. The standard InChI is InChI=1S/C27H28ClN5O6/c1-38-27(37)18-9-10-19-21(30-18)22(23(39-19)25(35)31-20-11-8-17(28)14-29-20)32-24(34)15-4-6-16(7-5-15)26(36)33-12-2-3-13-33/h8-11,14-16H,2-7,12-13H2,1H3,(H,32,34)(H,29,31,35)/t15-,16-. The summed E-state index contributed by atoms with van der Waals surface area (Å²) in [5.41, 5.74) is 0.376. The topological polar surface area (TPSA) is 144 Å². The van der Waals surface area contributed by atoms with E-state index < -0.39 is 11.9 Å². The van der Waals surface area contributed by atoms with Crippen molar-refractivity contribution in [3.8, 4) is 0 Å². The summed E-state index contributed by atoms with van der Waals surface area (Å²) in [6.45, 7) is 1.62. The van der Waals surface area contributed by atoms with Crippen LogP contribution in [0.1, 0.15) is 59.6 Å². The molecule has 0 spiro atoms. The van der Waals surface area contributed by atoms with E-state index in [0.717, 1.165) is 25.9 Å². The predicted molar refractivity (Wildman–Crippen MR) is 142 cm³/mol. The Labute approximate surface area is 229 Å². The first-order chi connectivity index (χ1) is 18.8. The van der Waals surface area contributed by atoms with E-state index in [1.807, 2.05) is 4.90 Å². The number of halogens is 1. The molecule has 2 fully saturated rings. The van der Waals surface area contributed by atoms with Gasteiger partial charge in [-0.25, -0.2) is 14.8 Å². The Bertz CT molecular complexity index is 1410. The Kier molecular flexibility index (Phi) is 7.78. The monoisotopic (exact) mass is 553 g/mol. The molecule has 11 nitrogen and oxygen atoms in total. The van der Waals surface area contributed by atoms with E-state index in [1.165, 1.54) is 31.5 Å². The van der Waals surface area contributed by atoms with Crippen LogP contribution in [0.5, 0.6) is 0 Å². The molecule has 0 aromatic carbocycles. The van der Waals surface area contributed by atoms with Gasteiger partial charge in [0, 0.05) is 31.1 Å². The molecule has 2 N–H and O–H groups in total. The molecule has 1 saturated heterocycles. The van der Waals surface area contributed by atoms with E-state index in [1.54, 1.807) is 6.07 Å². The number of furan rings is 1. The van der Waals surface area contributed by atoms with E-state index in [2.05, 4.69) is 20.6 Å². The van der Waals surface area contributed by atoms with Crippen molar-refractivity contribution in [1.29, 1.82) is 0 Å². The molecule has 3 amide bonds. The number of rotatable bonds is 6. The van der Waals surface area contributed by atoms with Crippen molar-refractivity contribution in [1.82, 2.24) is 14.9 Å². The highest BCUT2D eigenvalue weighted by Crippen LogP contribution is 2.35. The fraction of sp³-hybridized carbons (Fsp3) is 0.407. The number of fused-ring (bicyclic) bond motifs is 1. The van der Waals surface area contributed by atoms with Gasteiger partial charge >= 0.3 is 5.97 Å². The quantitative estimate of drug-likeness (QED) is 0.430. The first-order valence-corrected chi connectivity index (χ1v) is 13.3. The lowest BCUT2D eigenvalue weighted by Crippen LogP contribution is -2.37. The van der Waals surface area contributed by atoms with Crippen molar-refractivity contribution >= 4 is 57.9 Å². The number of methoxy groups -OCH3 is 1. The number of carbonyl (C=O) groups is 4. The molecule has 2 aliphatic rings. The lowest BCUT2D eigenvalue weighted by atomic mass is 9.81. The van der Waals surface area contributed by atoms with Crippen LogP contribution in [-0.2, 0) is 14.3 Å². The summed E-state index contributed by atoms with van der Waals surface area (Å²) in [5.74, 6) is -1.86. The first kappa shape index (κ1) is 26.6. The number of esters is 1. The Morgan fingerprint density at radius 2 is 1.72 bits per heavy atom. The molecule has 4 heterocycles. The van der Waals surface area contributed by atoms with E-state index >= 15 is 0 Å². The third kappa shape index (κ3) is 5.73. The molecular weight excluding hydrogens is 526 g/mol. The van der Waals surface area contributed by atoms with E-state index in [0.29, 0.717) is 30.7 Å². The Balaban J connectivity index is 1.37. The number of nitrogens with zero attached hydrogens (tertiary/aromatic N) is 3. The molecule has 1 aliphatic heterocycles. The fourth-order valence-corrected chi connectivity index (χ4v) is 5.23. The SMILES string of the molecule is COC(=O)c1ccc2oc(C(=O)Nc3ccc(Cl)cn3)c(NC(=O)[C@H]3CC[C@H](C(=O)N4CCCC4)CC3)c2n1. The molecule has 39 heavy (non-hydrogen) atoms. The van der Waals surface area contributed by atoms with Crippen LogP contribution in [0, 0.1) is 11.8 Å². The molecule has 0 radical (unpaired) electrons. The van der Waals surface area contributed by atoms with Gasteiger partial charge in [0.05, 0.1) is 12.1 Å². The highest BCUT2D eigenvalue weighted by molar-refractivity contribution is 6.30. The normalized spacial score (nSPS) is 19.1. The molecule has 5 rings (SSSR count). The maximum Gasteiger partial charge on any atom is 0.356 e. The number of carbonyl (C=O) groups excluding carboxylic acids is 4. The minimum atomic E-state index is -0.673. The number of aromatic nitrogens is 2. The lowest BCUT2D eigenvalue weighted by Gasteiger charge is -2.29. The number of anilines is 2. The fourth-order valence-electron chi connectivity index (χ4n) is 5.12. The van der Waals surface area contributed by atoms with Crippen LogP contribution in [0.25, 0.3) is 11.1 Å². The van der Waals surface area contributed by atoms with E-state index in [9.17, 15) is 19.2 Å². The highest BCUT2D eigenvalue weighted by Gasteiger charge is 2.34. The van der Waals surface area contributed by atoms with Crippen molar-refractivity contribution in [3.05, 3.63) is 46.9 Å². The lowest BCUT2D eigenvalue weighted by molar-refractivity contribution is -0.136. The molecule has 3 aromatic rings. The minimum Gasteiger partial charge on any atom is -0.464 e. The zero-order chi connectivity index (χ0) is 27.5. The second kappa shape index (κ2) is 11.4. The Morgan fingerprint density at radius 3 is 2.38 bits per heavy atom. The van der Waals surface area contributed by atoms with Crippen LogP contribution in [0.4, 0.5) is 11.5 Å². The van der Waals surface area contributed by atoms with Crippen molar-refractivity contribution in [3.63, 3.8) is 0 Å². The third-order valence-electron chi connectivity index (χ3n) is 7.22. The summed E-state index contributed by atoms with van der Waals surface area (Å²) in [4.78, 5) is 61.7. The average molecular weight is 554 g/mol. The number of hydrogen-bond acceptors (Lipinski definition) is 8. The summed E-state index contributed by atoms with van der Waals surface area (Å²) in [6.07, 6.45) is 5.80. The molecule has 0 bridgehead atoms. The van der Waals surface area contributed by atoms with Crippen LogP contribution < -0.4 is 10.6 Å².